The van der Waals surface area contributed by atoms with Gasteiger partial charge in [-0.3, -0.25) is 4.79 Å². The number of aliphatic hydroxyl groups is 1. The zero-order valence-corrected chi connectivity index (χ0v) is 17.8. The second-order valence-corrected chi connectivity index (χ2v) is 6.34. The molecular formula is C14H37Cl3O5S. The van der Waals surface area contributed by atoms with Gasteiger partial charge in [0, 0.05) is 46.7 Å². The molecule has 0 aliphatic heterocycles. The molecule has 5 nitrogen and oxygen atoms in total. The molecule has 0 amide bonds. The van der Waals surface area contributed by atoms with Gasteiger partial charge >= 0.3 is 0 Å². The van der Waals surface area contributed by atoms with E-state index in [9.17, 15) is 0 Å². The Morgan fingerprint density at radius 1 is 1.43 bits per heavy atom. The van der Waals surface area contributed by atoms with Crippen molar-refractivity contribution >= 4 is 54.4 Å². The van der Waals surface area contributed by atoms with E-state index in [0.717, 1.165) is 19.6 Å². The lowest BCUT2D eigenvalue weighted by molar-refractivity contribution is -0.134. The fourth-order valence-electron chi connectivity index (χ4n) is 0. The Labute approximate surface area is 166 Å². The molecular weight excluding hydrogens is 387 g/mol. The number of hydrogen-bond acceptors (Lipinski definition) is 4. The average molecular weight is 428 g/mol. The molecule has 0 spiro atoms. The first-order chi connectivity index (χ1) is 12.3. The van der Waals surface area contributed by atoms with E-state index < -0.39 is 21.3 Å². The SMILES string of the molecule is CC(=O)O.CC=O.O=S(Cl)Cl.[2H]C.[2H]CC(C)Cl.[2H]CC(C)O.[2H]CCC.[HH]. The van der Waals surface area contributed by atoms with Gasteiger partial charge in [0.25, 0.3) is 5.97 Å². The van der Waals surface area contributed by atoms with Crippen molar-refractivity contribution in [2.24, 2.45) is 0 Å². The van der Waals surface area contributed by atoms with Gasteiger partial charge in [0.2, 0.25) is 9.23 Å². The van der Waals surface area contributed by atoms with Crippen LogP contribution in [0, 0.1) is 0 Å². The van der Waals surface area contributed by atoms with Crippen LogP contribution in [0.4, 0.5) is 0 Å². The van der Waals surface area contributed by atoms with Crippen molar-refractivity contribution in [3.63, 3.8) is 0 Å². The second-order valence-electron chi connectivity index (χ2n) is 3.07. The number of aliphatic hydroxyl groups excluding tert-OH is 1. The van der Waals surface area contributed by atoms with Gasteiger partial charge < -0.3 is 15.0 Å². The number of carboxylic acids is 1. The summed E-state index contributed by atoms with van der Waals surface area (Å²) in [5, 5.41) is 15.6. The second kappa shape index (κ2) is 49.5. The molecule has 0 radical (unpaired) electrons. The van der Waals surface area contributed by atoms with Crippen LogP contribution in [0.2, 0.25) is 0 Å². The Balaban J connectivity index is -0.0000000280. The van der Waals surface area contributed by atoms with Crippen LogP contribution in [0.1, 0.15) is 76.1 Å². The number of hydrogen-bond donors (Lipinski definition) is 2. The van der Waals surface area contributed by atoms with Crippen molar-refractivity contribution in [3.05, 3.63) is 0 Å². The molecule has 0 aromatic rings. The number of carbonyl (C=O) groups is 2. The molecule has 2 atom stereocenters. The maximum Gasteiger partial charge on any atom is 0.300 e. The summed E-state index contributed by atoms with van der Waals surface area (Å²) in [6.45, 7) is 8.91. The fraction of sp³-hybridized carbons (Fsp3) is 0.857. The summed E-state index contributed by atoms with van der Waals surface area (Å²) in [6.07, 6.45) is 1.29. The predicted molar refractivity (Wildman–Crippen MR) is 108 cm³/mol. The van der Waals surface area contributed by atoms with Gasteiger partial charge in [0.05, 0.1) is 0 Å². The minimum Gasteiger partial charge on any atom is -0.481 e. The van der Waals surface area contributed by atoms with Crippen molar-refractivity contribution in [2.75, 3.05) is 0 Å². The van der Waals surface area contributed by atoms with Crippen LogP contribution in [-0.2, 0) is 18.8 Å². The molecule has 0 bridgehead atoms. The van der Waals surface area contributed by atoms with Crippen molar-refractivity contribution < 1.29 is 30.9 Å². The minimum atomic E-state index is -1.67. The van der Waals surface area contributed by atoms with E-state index >= 15 is 0 Å². The van der Waals surface area contributed by atoms with E-state index in [1.165, 1.54) is 14.3 Å². The first-order valence-electron chi connectivity index (χ1n) is 8.99. The normalized spacial score (nSPS) is 11.4. The van der Waals surface area contributed by atoms with Gasteiger partial charge in [-0.25, -0.2) is 4.21 Å². The van der Waals surface area contributed by atoms with Crippen LogP contribution < -0.4 is 0 Å². The third kappa shape index (κ3) is 622000. The highest BCUT2D eigenvalue weighted by atomic mass is 36.0. The summed E-state index contributed by atoms with van der Waals surface area (Å²) in [5.74, 6) is -0.833. The Morgan fingerprint density at radius 3 is 1.57 bits per heavy atom. The predicted octanol–water partition coefficient (Wildman–Crippen LogP) is 5.66. The average Bonchev–Trinajstić information content (AvgIpc) is 2.57. The van der Waals surface area contributed by atoms with E-state index in [0.29, 0.717) is 13.8 Å². The lowest BCUT2D eigenvalue weighted by Crippen LogP contribution is -1.85. The number of carbonyl (C=O) groups excluding carboxylic acids is 1. The molecule has 0 heterocycles. The van der Waals surface area contributed by atoms with Gasteiger partial charge in [0.15, 0.2) is 0 Å². The Hall–Kier alpha value is 0.120. The summed E-state index contributed by atoms with van der Waals surface area (Å²) in [5.41, 5.74) is 0. The number of rotatable bonds is 0. The maximum absolute atomic E-state index is 9.09. The van der Waals surface area contributed by atoms with Gasteiger partial charge in [0.1, 0.15) is 6.29 Å². The van der Waals surface area contributed by atoms with Crippen LogP contribution in [0.25, 0.3) is 0 Å². The van der Waals surface area contributed by atoms with E-state index in [1.807, 2.05) is 6.92 Å². The Bertz CT molecular complexity index is 242. The van der Waals surface area contributed by atoms with Crippen molar-refractivity contribution in [2.45, 2.75) is 80.6 Å². The quantitative estimate of drug-likeness (QED) is 0.295. The molecule has 0 aromatic carbocycles. The monoisotopic (exact) mass is 426 g/mol. The molecule has 9 heteroatoms. The van der Waals surface area contributed by atoms with Gasteiger partial charge in [-0.2, -0.15) is 0 Å². The molecule has 0 saturated heterocycles. The highest BCUT2D eigenvalue weighted by molar-refractivity contribution is 8.26. The lowest BCUT2D eigenvalue weighted by atomic mass is 10.5. The Morgan fingerprint density at radius 2 is 1.57 bits per heavy atom. The van der Waals surface area contributed by atoms with Crippen molar-refractivity contribution in [3.8, 4) is 0 Å². The van der Waals surface area contributed by atoms with Crippen molar-refractivity contribution in [1.82, 2.24) is 0 Å². The molecule has 23 heavy (non-hydrogen) atoms. The van der Waals surface area contributed by atoms with Crippen LogP contribution in [0.5, 0.6) is 0 Å². The van der Waals surface area contributed by atoms with Gasteiger partial charge in [-0.05, 0) is 34.6 Å². The fourth-order valence-corrected chi connectivity index (χ4v) is 0. The van der Waals surface area contributed by atoms with Crippen LogP contribution in [-0.4, -0.2) is 38.2 Å². The number of carboxylic acid groups (broad SMARTS) is 1. The number of alkyl halides is 1. The summed E-state index contributed by atoms with van der Waals surface area (Å²) < 4.78 is 34.2. The highest BCUT2D eigenvalue weighted by Crippen LogP contribution is 1.89. The number of aliphatic carboxylic acids is 1. The zero-order valence-electron chi connectivity index (χ0n) is 18.7. The van der Waals surface area contributed by atoms with Crippen LogP contribution in [0.15, 0.2) is 0 Å². The van der Waals surface area contributed by atoms with E-state index in [2.05, 4.69) is 21.4 Å². The summed E-state index contributed by atoms with van der Waals surface area (Å²) in [4.78, 5) is 17.8. The van der Waals surface area contributed by atoms with Crippen molar-refractivity contribution in [1.29, 1.82) is 0 Å². The molecule has 0 fully saturated rings. The molecule has 2 unspecified atom stereocenters. The first-order valence-corrected chi connectivity index (χ1v) is 9.11. The molecule has 0 aliphatic carbocycles. The molecule has 2 N–H and O–H groups in total. The maximum atomic E-state index is 9.09. The molecule has 0 aliphatic rings. The van der Waals surface area contributed by atoms with Gasteiger partial charge in [-0.15, -0.1) is 11.6 Å². The van der Waals surface area contributed by atoms with E-state index in [1.54, 1.807) is 13.8 Å². The minimum absolute atomic E-state index is 0. The first kappa shape index (κ1) is 27.9. The molecule has 0 rings (SSSR count). The summed E-state index contributed by atoms with van der Waals surface area (Å²) in [7, 11) is 8.61. The molecule has 0 saturated carbocycles. The third-order valence-electron chi connectivity index (χ3n) is 0. The lowest BCUT2D eigenvalue weighted by Gasteiger charge is -1.80. The third-order valence-corrected chi connectivity index (χ3v) is 0. The number of halogens is 3. The molecule has 150 valence electrons. The molecule has 0 aromatic heterocycles. The largest absolute Gasteiger partial charge is 0.481 e. The van der Waals surface area contributed by atoms with Gasteiger partial charge in [-0.1, -0.05) is 27.6 Å². The summed E-state index contributed by atoms with van der Waals surface area (Å²) >= 11 is 5.27. The zero-order chi connectivity index (χ0) is 23.8. The topological polar surface area (TPSA) is 91.7 Å². The standard InChI is InChI=1S/C3H7Cl.C3H8O.C3H8.C2H4O2.C2H4O.CH4.Cl2OS.H2/c2*1-3(2)4;1-3-2;1-2(3)4;1-2-3;;1-4(2)3;/h3H,1-2H3;3-4H,1-2H3;3H2,1-2H3;1H3,(H,3,4);2H,1H3;1H4;;1H/i3*1D;;;1D;;. The summed E-state index contributed by atoms with van der Waals surface area (Å²) in [6, 6.07) is 0. The van der Waals surface area contributed by atoms with E-state index in [4.69, 9.17) is 41.1 Å². The number of aldehydes is 1. The highest BCUT2D eigenvalue weighted by Gasteiger charge is 1.71. The van der Waals surface area contributed by atoms with E-state index in [-0.39, 0.29) is 13.7 Å². The Kier molecular flexibility index (Phi) is 60.1. The smallest absolute Gasteiger partial charge is 0.300 e. The van der Waals surface area contributed by atoms with Crippen LogP contribution in [0.3, 0.4) is 0 Å². The van der Waals surface area contributed by atoms with Crippen LogP contribution >= 0.6 is 33.0 Å².